The largest absolute Gasteiger partial charge is 0.454 e. The summed E-state index contributed by atoms with van der Waals surface area (Å²) in [5.74, 6) is -1.22. The molecule has 1 aromatic carbocycles. The van der Waals surface area contributed by atoms with Crippen LogP contribution in [-0.4, -0.2) is 47.4 Å². The summed E-state index contributed by atoms with van der Waals surface area (Å²) in [4.78, 5) is 50.4. The van der Waals surface area contributed by atoms with E-state index in [1.165, 1.54) is 0 Å². The highest BCUT2D eigenvalue weighted by molar-refractivity contribution is 6.35. The number of urea groups is 1. The molecule has 174 valence electrons. The number of benzene rings is 1. The fraction of sp³-hybridized carbons (Fsp3) is 0.545. The van der Waals surface area contributed by atoms with Crippen LogP contribution in [-0.2, 0) is 19.1 Å². The van der Waals surface area contributed by atoms with Gasteiger partial charge in [-0.1, -0.05) is 42.6 Å². The second kappa shape index (κ2) is 10.1. The molecular weight excluding hydrogens is 457 g/mol. The number of halogens is 2. The Morgan fingerprint density at radius 2 is 1.97 bits per heavy atom. The van der Waals surface area contributed by atoms with Crippen molar-refractivity contribution in [1.29, 1.82) is 0 Å². The highest BCUT2D eigenvalue weighted by atomic mass is 35.5. The van der Waals surface area contributed by atoms with Crippen molar-refractivity contribution in [2.75, 3.05) is 13.2 Å². The zero-order valence-corrected chi connectivity index (χ0v) is 19.6. The van der Waals surface area contributed by atoms with Crippen molar-refractivity contribution in [3.05, 3.63) is 33.8 Å². The minimum absolute atomic E-state index is 0.399. The molecule has 0 aromatic heterocycles. The average molecular weight is 484 g/mol. The van der Waals surface area contributed by atoms with Gasteiger partial charge in [0, 0.05) is 10.0 Å². The van der Waals surface area contributed by atoms with Gasteiger partial charge in [0.1, 0.15) is 12.1 Å². The van der Waals surface area contributed by atoms with E-state index in [4.69, 9.17) is 27.9 Å². The SMILES string of the molecule is CCC1CCC2(CC1)NC(=O)N(CC(=O)OCC(=O)N[C@H](C)c1ccc(Cl)cc1Cl)C2=O. The fourth-order valence-corrected chi connectivity index (χ4v) is 4.84. The molecule has 1 atom stereocenters. The second-order valence-electron chi connectivity index (χ2n) is 8.37. The number of hydrogen-bond donors (Lipinski definition) is 2. The number of hydrogen-bond acceptors (Lipinski definition) is 5. The Morgan fingerprint density at radius 3 is 2.59 bits per heavy atom. The van der Waals surface area contributed by atoms with E-state index in [0.29, 0.717) is 34.4 Å². The minimum atomic E-state index is -0.923. The molecule has 0 unspecified atom stereocenters. The lowest BCUT2D eigenvalue weighted by Crippen LogP contribution is -2.49. The molecule has 0 radical (unpaired) electrons. The monoisotopic (exact) mass is 483 g/mol. The number of amides is 4. The summed E-state index contributed by atoms with van der Waals surface area (Å²) >= 11 is 12.0. The van der Waals surface area contributed by atoms with E-state index in [-0.39, 0.29) is 0 Å². The normalized spacial score (nSPS) is 23.8. The van der Waals surface area contributed by atoms with Crippen molar-refractivity contribution in [1.82, 2.24) is 15.5 Å². The number of rotatable bonds is 7. The summed E-state index contributed by atoms with van der Waals surface area (Å²) in [5.41, 5.74) is -0.258. The standard InChI is InChI=1S/C22H27Cl2N3O5/c1-3-14-6-8-22(9-7-14)20(30)27(21(31)26-22)11-19(29)32-12-18(28)25-13(2)16-5-4-15(23)10-17(16)24/h4-5,10,13-14H,3,6-9,11-12H2,1-2H3,(H,25,28)(H,26,31)/t13-,14?,22?/m1/s1. The van der Waals surface area contributed by atoms with Gasteiger partial charge in [-0.25, -0.2) is 4.79 Å². The van der Waals surface area contributed by atoms with Crippen LogP contribution >= 0.6 is 23.2 Å². The molecule has 1 saturated carbocycles. The number of imide groups is 1. The van der Waals surface area contributed by atoms with Gasteiger partial charge >= 0.3 is 12.0 Å². The third-order valence-corrected chi connectivity index (χ3v) is 6.80. The van der Waals surface area contributed by atoms with Crippen molar-refractivity contribution in [3.63, 3.8) is 0 Å². The van der Waals surface area contributed by atoms with E-state index in [1.807, 2.05) is 0 Å². The number of carbonyl (C=O) groups excluding carboxylic acids is 4. The van der Waals surface area contributed by atoms with Crippen LogP contribution in [0.1, 0.15) is 57.6 Å². The van der Waals surface area contributed by atoms with Gasteiger partial charge in [0.05, 0.1) is 6.04 Å². The molecular formula is C22H27Cl2N3O5. The lowest BCUT2D eigenvalue weighted by Gasteiger charge is -2.34. The third kappa shape index (κ3) is 5.35. The number of nitrogens with one attached hydrogen (secondary N) is 2. The van der Waals surface area contributed by atoms with Crippen LogP contribution in [0.15, 0.2) is 18.2 Å². The molecule has 3 rings (SSSR count). The van der Waals surface area contributed by atoms with Gasteiger partial charge in [-0.3, -0.25) is 19.3 Å². The summed E-state index contributed by atoms with van der Waals surface area (Å²) in [6.07, 6.45) is 3.89. The highest BCUT2D eigenvalue weighted by Gasteiger charge is 2.52. The maximum Gasteiger partial charge on any atom is 0.326 e. The molecule has 10 heteroatoms. The summed E-state index contributed by atoms with van der Waals surface area (Å²) in [5, 5.41) is 6.33. The van der Waals surface area contributed by atoms with Crippen molar-refractivity contribution in [2.45, 2.75) is 57.5 Å². The maximum atomic E-state index is 12.9. The van der Waals surface area contributed by atoms with Crippen LogP contribution in [0.3, 0.4) is 0 Å². The van der Waals surface area contributed by atoms with E-state index in [9.17, 15) is 19.2 Å². The number of carbonyl (C=O) groups is 4. The summed E-state index contributed by atoms with van der Waals surface area (Å²) < 4.78 is 4.98. The van der Waals surface area contributed by atoms with Crippen LogP contribution in [0.25, 0.3) is 0 Å². The fourth-order valence-electron chi connectivity index (χ4n) is 4.27. The van der Waals surface area contributed by atoms with Gasteiger partial charge in [-0.2, -0.15) is 0 Å². The molecule has 2 aliphatic rings. The summed E-state index contributed by atoms with van der Waals surface area (Å²) in [6, 6.07) is 3.89. The lowest BCUT2D eigenvalue weighted by atomic mass is 9.75. The maximum absolute atomic E-state index is 12.9. The van der Waals surface area contributed by atoms with Crippen molar-refractivity contribution < 1.29 is 23.9 Å². The van der Waals surface area contributed by atoms with Gasteiger partial charge in [-0.15, -0.1) is 0 Å². The first kappa shape index (κ1) is 24.3. The summed E-state index contributed by atoms with van der Waals surface area (Å²) in [6.45, 7) is 2.77. The van der Waals surface area contributed by atoms with Crippen molar-refractivity contribution in [3.8, 4) is 0 Å². The van der Waals surface area contributed by atoms with Crippen LogP contribution in [0.4, 0.5) is 4.79 Å². The second-order valence-corrected chi connectivity index (χ2v) is 9.21. The van der Waals surface area contributed by atoms with Crippen LogP contribution in [0, 0.1) is 5.92 Å². The Balaban J connectivity index is 1.48. The van der Waals surface area contributed by atoms with Gasteiger partial charge < -0.3 is 15.4 Å². The minimum Gasteiger partial charge on any atom is -0.454 e. The van der Waals surface area contributed by atoms with E-state index in [0.717, 1.165) is 24.2 Å². The first-order valence-corrected chi connectivity index (χ1v) is 11.4. The Hall–Kier alpha value is -2.32. The molecule has 2 N–H and O–H groups in total. The number of ether oxygens (including phenoxy) is 1. The van der Waals surface area contributed by atoms with Gasteiger partial charge in [0.25, 0.3) is 11.8 Å². The average Bonchev–Trinajstić information content (AvgIpc) is 2.96. The zero-order chi connectivity index (χ0) is 23.5. The van der Waals surface area contributed by atoms with Gasteiger partial charge in [-0.05, 0) is 56.2 Å². The quantitative estimate of drug-likeness (QED) is 0.455. The molecule has 1 spiro atoms. The predicted molar refractivity (Wildman–Crippen MR) is 119 cm³/mol. The molecule has 8 nitrogen and oxygen atoms in total. The zero-order valence-electron chi connectivity index (χ0n) is 18.1. The Bertz CT molecular complexity index is 915. The Kier molecular flexibility index (Phi) is 7.67. The topological polar surface area (TPSA) is 105 Å². The molecule has 1 aromatic rings. The van der Waals surface area contributed by atoms with Gasteiger partial charge in [0.2, 0.25) is 0 Å². The van der Waals surface area contributed by atoms with Crippen molar-refractivity contribution in [2.24, 2.45) is 5.92 Å². The smallest absolute Gasteiger partial charge is 0.326 e. The molecule has 0 bridgehead atoms. The predicted octanol–water partition coefficient (Wildman–Crippen LogP) is 3.60. The molecule has 2 fully saturated rings. The van der Waals surface area contributed by atoms with Crippen LogP contribution in [0.5, 0.6) is 0 Å². The Labute approximate surface area is 196 Å². The molecule has 1 saturated heterocycles. The van der Waals surface area contributed by atoms with E-state index in [1.54, 1.807) is 25.1 Å². The molecule has 4 amide bonds. The van der Waals surface area contributed by atoms with Crippen LogP contribution in [0.2, 0.25) is 10.0 Å². The molecule has 1 aliphatic heterocycles. The Morgan fingerprint density at radius 1 is 1.28 bits per heavy atom. The third-order valence-electron chi connectivity index (χ3n) is 6.24. The van der Waals surface area contributed by atoms with Crippen molar-refractivity contribution >= 4 is 47.0 Å². The highest BCUT2D eigenvalue weighted by Crippen LogP contribution is 2.37. The van der Waals surface area contributed by atoms with Gasteiger partial charge in [0.15, 0.2) is 6.61 Å². The van der Waals surface area contributed by atoms with E-state index >= 15 is 0 Å². The lowest BCUT2D eigenvalue weighted by molar-refractivity contribution is -0.151. The van der Waals surface area contributed by atoms with E-state index in [2.05, 4.69) is 17.6 Å². The first-order chi connectivity index (χ1) is 15.1. The molecule has 32 heavy (non-hydrogen) atoms. The molecule has 1 heterocycles. The molecule has 1 aliphatic carbocycles. The van der Waals surface area contributed by atoms with E-state index < -0.39 is 48.5 Å². The van der Waals surface area contributed by atoms with Crippen LogP contribution < -0.4 is 10.6 Å². The number of esters is 1. The number of nitrogens with zero attached hydrogens (tertiary/aromatic N) is 1. The first-order valence-electron chi connectivity index (χ1n) is 10.7. The summed E-state index contributed by atoms with van der Waals surface area (Å²) in [7, 11) is 0.